The molecule has 0 spiro atoms. The molecule has 1 rings (SSSR count). The summed E-state index contributed by atoms with van der Waals surface area (Å²) in [4.78, 5) is 0.340. The van der Waals surface area contributed by atoms with E-state index in [0.29, 0.717) is 36.3 Å². The number of alkyl halides is 1. The first-order valence-electron chi connectivity index (χ1n) is 6.61. The molecular formula is C13H23ClN2O2S. The van der Waals surface area contributed by atoms with Crippen molar-refractivity contribution >= 4 is 21.6 Å². The molecule has 0 atom stereocenters. The summed E-state index contributed by atoms with van der Waals surface area (Å²) in [5.41, 5.74) is 0.836. The molecule has 0 fully saturated rings. The number of hydrogen-bond donors (Lipinski definition) is 0. The molecule has 0 saturated carbocycles. The summed E-state index contributed by atoms with van der Waals surface area (Å²) in [5.74, 6) is 0.620. The van der Waals surface area contributed by atoms with Crippen LogP contribution in [0.25, 0.3) is 0 Å². The molecule has 1 aromatic heterocycles. The van der Waals surface area contributed by atoms with E-state index in [1.807, 2.05) is 32.3 Å². The predicted octanol–water partition coefficient (Wildman–Crippen LogP) is 2.91. The summed E-state index contributed by atoms with van der Waals surface area (Å²) in [5, 5.41) is 0. The lowest BCUT2D eigenvalue weighted by molar-refractivity contribution is 0.381. The van der Waals surface area contributed by atoms with E-state index in [4.69, 9.17) is 11.6 Å². The molecule has 0 N–H and O–H groups in total. The maximum absolute atomic E-state index is 12.6. The van der Waals surface area contributed by atoms with E-state index in [1.165, 1.54) is 4.31 Å². The second-order valence-corrected chi connectivity index (χ2v) is 7.14. The quantitative estimate of drug-likeness (QED) is 0.727. The standard InChI is InChI=1S/C13H23ClN2O2S/c1-5-15-10-13(7-12(15)8-14)19(17,18)16(6-2)9-11(3)4/h7,10-11H,5-6,8-9H2,1-4H3. The van der Waals surface area contributed by atoms with Gasteiger partial charge in [0.1, 0.15) is 4.90 Å². The molecule has 1 heterocycles. The van der Waals surface area contributed by atoms with Crippen LogP contribution in [-0.2, 0) is 22.4 Å². The molecule has 0 aromatic carbocycles. The fourth-order valence-electron chi connectivity index (χ4n) is 2.03. The fourth-order valence-corrected chi connectivity index (χ4v) is 3.93. The molecule has 0 aliphatic heterocycles. The van der Waals surface area contributed by atoms with Gasteiger partial charge in [-0.05, 0) is 18.9 Å². The number of rotatable bonds is 7. The number of hydrogen-bond acceptors (Lipinski definition) is 2. The van der Waals surface area contributed by atoms with E-state index in [0.717, 1.165) is 5.69 Å². The van der Waals surface area contributed by atoms with Crippen LogP contribution >= 0.6 is 11.6 Å². The minimum Gasteiger partial charge on any atom is -0.349 e. The molecule has 4 nitrogen and oxygen atoms in total. The maximum Gasteiger partial charge on any atom is 0.244 e. The Bertz CT molecular complexity index is 487. The van der Waals surface area contributed by atoms with Crippen molar-refractivity contribution in [2.24, 2.45) is 5.92 Å². The largest absolute Gasteiger partial charge is 0.349 e. The summed E-state index contributed by atoms with van der Waals surface area (Å²) in [6.07, 6.45) is 1.68. The van der Waals surface area contributed by atoms with Crippen LogP contribution in [0.15, 0.2) is 17.2 Å². The zero-order valence-corrected chi connectivity index (χ0v) is 13.6. The van der Waals surface area contributed by atoms with Crippen molar-refractivity contribution in [2.45, 2.75) is 45.0 Å². The van der Waals surface area contributed by atoms with Crippen LogP contribution in [0.1, 0.15) is 33.4 Å². The third-order valence-electron chi connectivity index (χ3n) is 3.00. The highest BCUT2D eigenvalue weighted by Gasteiger charge is 2.25. The molecule has 19 heavy (non-hydrogen) atoms. The van der Waals surface area contributed by atoms with Gasteiger partial charge >= 0.3 is 0 Å². The van der Waals surface area contributed by atoms with Crippen LogP contribution in [0.3, 0.4) is 0 Å². The predicted molar refractivity (Wildman–Crippen MR) is 78.9 cm³/mol. The first kappa shape index (κ1) is 16.5. The minimum absolute atomic E-state index is 0.301. The summed E-state index contributed by atoms with van der Waals surface area (Å²) >= 11 is 5.84. The average Bonchev–Trinajstić information content (AvgIpc) is 2.79. The van der Waals surface area contributed by atoms with Crippen molar-refractivity contribution in [1.82, 2.24) is 8.87 Å². The fraction of sp³-hybridized carbons (Fsp3) is 0.692. The Morgan fingerprint density at radius 3 is 2.37 bits per heavy atom. The monoisotopic (exact) mass is 306 g/mol. The van der Waals surface area contributed by atoms with Crippen molar-refractivity contribution in [3.63, 3.8) is 0 Å². The van der Waals surface area contributed by atoms with Gasteiger partial charge in [-0.2, -0.15) is 4.31 Å². The van der Waals surface area contributed by atoms with E-state index in [2.05, 4.69) is 0 Å². The molecular weight excluding hydrogens is 284 g/mol. The number of halogens is 1. The van der Waals surface area contributed by atoms with Gasteiger partial charge in [-0.15, -0.1) is 11.6 Å². The highest BCUT2D eigenvalue weighted by Crippen LogP contribution is 2.21. The lowest BCUT2D eigenvalue weighted by atomic mass is 10.2. The second-order valence-electron chi connectivity index (χ2n) is 4.94. The van der Waals surface area contributed by atoms with Crippen LogP contribution in [0.2, 0.25) is 0 Å². The van der Waals surface area contributed by atoms with Crippen molar-refractivity contribution in [3.05, 3.63) is 18.0 Å². The van der Waals surface area contributed by atoms with Gasteiger partial charge in [0.05, 0.1) is 5.88 Å². The zero-order valence-electron chi connectivity index (χ0n) is 12.1. The summed E-state index contributed by atoms with van der Waals surface area (Å²) in [6.45, 7) is 9.59. The number of nitrogens with zero attached hydrogens (tertiary/aromatic N) is 2. The number of sulfonamides is 1. The average molecular weight is 307 g/mol. The van der Waals surface area contributed by atoms with Gasteiger partial charge in [0.15, 0.2) is 0 Å². The molecule has 0 amide bonds. The molecule has 1 aromatic rings. The zero-order chi connectivity index (χ0) is 14.6. The Balaban J connectivity index is 3.14. The second kappa shape index (κ2) is 6.77. The van der Waals surface area contributed by atoms with Gasteiger partial charge in [0.2, 0.25) is 10.0 Å². The summed E-state index contributed by atoms with van der Waals surface area (Å²) in [6, 6.07) is 1.68. The Labute approximate surface area is 121 Å². The van der Waals surface area contributed by atoms with Crippen molar-refractivity contribution in [1.29, 1.82) is 0 Å². The van der Waals surface area contributed by atoms with E-state index in [1.54, 1.807) is 12.3 Å². The van der Waals surface area contributed by atoms with E-state index in [9.17, 15) is 8.42 Å². The van der Waals surface area contributed by atoms with Gasteiger partial charge in [-0.1, -0.05) is 20.8 Å². The Hall–Kier alpha value is -0.520. The van der Waals surface area contributed by atoms with Crippen molar-refractivity contribution < 1.29 is 8.42 Å². The van der Waals surface area contributed by atoms with Crippen molar-refractivity contribution in [3.8, 4) is 0 Å². The lowest BCUT2D eigenvalue weighted by Crippen LogP contribution is -2.33. The normalized spacial score (nSPS) is 12.6. The molecule has 0 saturated heterocycles. The molecule has 0 aliphatic carbocycles. The molecule has 110 valence electrons. The Kier molecular flexibility index (Phi) is 5.89. The van der Waals surface area contributed by atoms with Gasteiger partial charge < -0.3 is 4.57 Å². The molecule has 6 heteroatoms. The summed E-state index contributed by atoms with van der Waals surface area (Å²) in [7, 11) is -3.41. The molecule has 0 unspecified atom stereocenters. The highest BCUT2D eigenvalue weighted by atomic mass is 35.5. The first-order chi connectivity index (χ1) is 8.86. The first-order valence-corrected chi connectivity index (χ1v) is 8.59. The van der Waals surface area contributed by atoms with Crippen LogP contribution in [0.4, 0.5) is 0 Å². The van der Waals surface area contributed by atoms with E-state index in [-0.39, 0.29) is 0 Å². The Morgan fingerprint density at radius 1 is 1.37 bits per heavy atom. The van der Waals surface area contributed by atoms with Gasteiger partial charge in [-0.25, -0.2) is 8.42 Å². The van der Waals surface area contributed by atoms with Crippen molar-refractivity contribution in [2.75, 3.05) is 13.1 Å². The molecule has 0 radical (unpaired) electrons. The summed E-state index contributed by atoms with van der Waals surface area (Å²) < 4.78 is 28.5. The van der Waals surface area contributed by atoms with Crippen LogP contribution in [-0.4, -0.2) is 30.4 Å². The van der Waals surface area contributed by atoms with Crippen LogP contribution in [0, 0.1) is 5.92 Å². The van der Waals surface area contributed by atoms with E-state index < -0.39 is 10.0 Å². The maximum atomic E-state index is 12.6. The highest BCUT2D eigenvalue weighted by molar-refractivity contribution is 7.89. The number of aryl methyl sites for hydroxylation is 1. The van der Waals surface area contributed by atoms with Crippen LogP contribution < -0.4 is 0 Å². The lowest BCUT2D eigenvalue weighted by Gasteiger charge is -2.21. The molecule has 0 aliphatic rings. The Morgan fingerprint density at radius 2 is 2.00 bits per heavy atom. The topological polar surface area (TPSA) is 42.3 Å². The van der Waals surface area contributed by atoms with E-state index >= 15 is 0 Å². The van der Waals surface area contributed by atoms with Crippen LogP contribution in [0.5, 0.6) is 0 Å². The molecule has 0 bridgehead atoms. The number of aromatic nitrogens is 1. The van der Waals surface area contributed by atoms with Gasteiger partial charge in [0, 0.05) is 31.5 Å². The third kappa shape index (κ3) is 3.74. The third-order valence-corrected chi connectivity index (χ3v) is 5.18. The van der Waals surface area contributed by atoms with Gasteiger partial charge in [0.25, 0.3) is 0 Å². The smallest absolute Gasteiger partial charge is 0.244 e. The van der Waals surface area contributed by atoms with Gasteiger partial charge in [-0.3, -0.25) is 0 Å². The SMILES string of the molecule is CCN(CC(C)C)S(=O)(=O)c1cc(CCl)n(CC)c1. The minimum atomic E-state index is -3.41.